The number of esters is 1. The van der Waals surface area contributed by atoms with Crippen molar-refractivity contribution in [3.63, 3.8) is 0 Å². The summed E-state index contributed by atoms with van der Waals surface area (Å²) in [5, 5.41) is 0. The third-order valence-corrected chi connectivity index (χ3v) is 11.1. The molecule has 0 aliphatic heterocycles. The maximum Gasteiger partial charge on any atom is 0.311 e. The fourth-order valence-corrected chi connectivity index (χ4v) is 9.19. The Hall–Kier alpha value is -0.790. The van der Waals surface area contributed by atoms with E-state index in [0.29, 0.717) is 11.3 Å². The lowest BCUT2D eigenvalue weighted by molar-refractivity contribution is -0.159. The molecule has 0 saturated heterocycles. The molecule has 0 aromatic rings. The van der Waals surface area contributed by atoms with Crippen molar-refractivity contribution in [3.8, 4) is 0 Å². The third kappa shape index (κ3) is 5.43. The Balaban J connectivity index is 1.48. The summed E-state index contributed by atoms with van der Waals surface area (Å²) in [6, 6.07) is 0. The summed E-state index contributed by atoms with van der Waals surface area (Å²) in [5.74, 6) is 6.00. The quantitative estimate of drug-likeness (QED) is 0.266. The van der Waals surface area contributed by atoms with E-state index in [0.717, 1.165) is 48.3 Å². The first-order valence-electron chi connectivity index (χ1n) is 15.4. The van der Waals surface area contributed by atoms with Crippen molar-refractivity contribution in [2.24, 2.45) is 52.3 Å². The van der Waals surface area contributed by atoms with E-state index < -0.39 is 5.41 Å². The maximum atomic E-state index is 12.6. The highest BCUT2D eigenvalue weighted by atomic mass is 16.5. The summed E-state index contributed by atoms with van der Waals surface area (Å²) in [7, 11) is 0. The van der Waals surface area contributed by atoms with Gasteiger partial charge in [-0.2, -0.15) is 0 Å². The first kappa shape index (κ1) is 27.3. The normalized spacial score (nSPS) is 38.1. The Labute approximate surface area is 217 Å². The summed E-state index contributed by atoms with van der Waals surface area (Å²) < 4.78 is 6.03. The molecule has 0 aromatic heterocycles. The lowest BCUT2D eigenvalue weighted by atomic mass is 9.50. The van der Waals surface area contributed by atoms with Crippen LogP contribution in [0.15, 0.2) is 11.1 Å². The van der Waals surface area contributed by atoms with Crippen molar-refractivity contribution in [1.82, 2.24) is 0 Å². The highest BCUT2D eigenvalue weighted by Crippen LogP contribution is 2.65. The molecule has 4 rings (SSSR count). The Kier molecular flexibility index (Phi) is 8.20. The maximum absolute atomic E-state index is 12.6. The van der Waals surface area contributed by atoms with Gasteiger partial charge in [-0.05, 0) is 119 Å². The lowest BCUT2D eigenvalue weighted by Crippen LogP contribution is -2.46. The molecule has 1 unspecified atom stereocenters. The second-order valence-corrected chi connectivity index (χ2v) is 14.8. The van der Waals surface area contributed by atoms with Crippen LogP contribution in [0.1, 0.15) is 132 Å². The van der Waals surface area contributed by atoms with Gasteiger partial charge in [-0.25, -0.2) is 0 Å². The molecular formula is C33H56O2. The van der Waals surface area contributed by atoms with Crippen LogP contribution in [0.25, 0.3) is 0 Å². The zero-order valence-corrected chi connectivity index (χ0v) is 24.4. The number of ether oxygens (including phenoxy) is 1. The highest BCUT2D eigenvalue weighted by molar-refractivity contribution is 5.75. The van der Waals surface area contributed by atoms with Gasteiger partial charge < -0.3 is 4.74 Å². The van der Waals surface area contributed by atoms with Crippen LogP contribution in [0.4, 0.5) is 0 Å². The van der Waals surface area contributed by atoms with Crippen LogP contribution < -0.4 is 0 Å². The van der Waals surface area contributed by atoms with Crippen molar-refractivity contribution < 1.29 is 9.53 Å². The molecule has 0 spiro atoms. The number of rotatable bonds is 7. The molecule has 8 atom stereocenters. The summed E-state index contributed by atoms with van der Waals surface area (Å²) >= 11 is 0. The van der Waals surface area contributed by atoms with Crippen molar-refractivity contribution in [1.29, 1.82) is 0 Å². The number of fused-ring (bicyclic) bond motifs is 4. The Morgan fingerprint density at radius 2 is 1.80 bits per heavy atom. The van der Waals surface area contributed by atoms with Crippen LogP contribution in [-0.2, 0) is 9.53 Å². The summed E-state index contributed by atoms with van der Waals surface area (Å²) in [6.45, 7) is 18.4. The Morgan fingerprint density at radius 1 is 1.06 bits per heavy atom. The molecule has 0 N–H and O–H groups in total. The standard InChI is InChI=1S/C33H56O2/c1-9-23-19-28-26(25-14-13-24(20-27(23)25)35-31(34)32(5,6)7)17-18-33(8)29(15-16-30(28)33)22(4)12-10-11-21(2)3/h21-24,26,28-30H,9-20H2,1-8H3/t22-,23?,24+,26-,28-,29-,30+,33-/m1/s1. The van der Waals surface area contributed by atoms with E-state index in [1.807, 2.05) is 26.3 Å². The van der Waals surface area contributed by atoms with Crippen LogP contribution in [0.5, 0.6) is 0 Å². The zero-order chi connectivity index (χ0) is 25.5. The summed E-state index contributed by atoms with van der Waals surface area (Å²) in [4.78, 5) is 12.6. The Morgan fingerprint density at radius 3 is 2.46 bits per heavy atom. The minimum Gasteiger partial charge on any atom is -0.462 e. The average Bonchev–Trinajstić information content (AvgIpc) is 3.14. The van der Waals surface area contributed by atoms with Crippen LogP contribution in [0.2, 0.25) is 0 Å². The molecule has 4 aliphatic rings. The zero-order valence-electron chi connectivity index (χ0n) is 24.4. The van der Waals surface area contributed by atoms with E-state index in [9.17, 15) is 4.79 Å². The van der Waals surface area contributed by atoms with Gasteiger partial charge in [0.05, 0.1) is 5.41 Å². The molecular weight excluding hydrogens is 428 g/mol. The van der Waals surface area contributed by atoms with Gasteiger partial charge in [0.15, 0.2) is 0 Å². The SMILES string of the molecule is CCC1C[C@@H]2[C@H](CC[C@]3(C)[C@@H]([C@H](C)CCCC(C)C)CC[C@@H]23)C2=C1C[C@@H](OC(=O)C(C)(C)C)CC2. The Bertz CT molecular complexity index is 785. The predicted molar refractivity (Wildman–Crippen MR) is 147 cm³/mol. The number of allylic oxidation sites excluding steroid dienone is 1. The molecule has 0 amide bonds. The minimum absolute atomic E-state index is 0.0266. The fraction of sp³-hybridized carbons (Fsp3) is 0.909. The fourth-order valence-electron chi connectivity index (χ4n) is 9.19. The van der Waals surface area contributed by atoms with Gasteiger partial charge in [0.25, 0.3) is 0 Å². The number of hydrogen-bond donors (Lipinski definition) is 0. The predicted octanol–water partition coefficient (Wildman–Crippen LogP) is 9.38. The molecule has 200 valence electrons. The lowest BCUT2D eigenvalue weighted by Gasteiger charge is -2.55. The second kappa shape index (κ2) is 10.5. The summed E-state index contributed by atoms with van der Waals surface area (Å²) in [5.41, 5.74) is 3.70. The third-order valence-electron chi connectivity index (χ3n) is 11.1. The molecule has 2 nitrogen and oxygen atoms in total. The minimum atomic E-state index is -0.407. The number of carbonyl (C=O) groups excluding carboxylic acids is 1. The molecule has 2 fully saturated rings. The van der Waals surface area contributed by atoms with E-state index >= 15 is 0 Å². The molecule has 2 heteroatoms. The second-order valence-electron chi connectivity index (χ2n) is 14.8. The van der Waals surface area contributed by atoms with E-state index in [-0.39, 0.29) is 12.1 Å². The summed E-state index contributed by atoms with van der Waals surface area (Å²) in [6.07, 6.45) is 16.0. The molecule has 0 radical (unpaired) electrons. The van der Waals surface area contributed by atoms with Gasteiger partial charge in [-0.1, -0.05) is 65.0 Å². The first-order valence-corrected chi connectivity index (χ1v) is 15.4. The van der Waals surface area contributed by atoms with E-state index in [1.54, 1.807) is 5.57 Å². The number of carbonyl (C=O) groups is 1. The van der Waals surface area contributed by atoms with Crippen molar-refractivity contribution >= 4 is 5.97 Å². The van der Waals surface area contributed by atoms with E-state index in [1.165, 1.54) is 64.2 Å². The van der Waals surface area contributed by atoms with Crippen LogP contribution in [0, 0.1) is 52.3 Å². The largest absolute Gasteiger partial charge is 0.462 e. The smallest absolute Gasteiger partial charge is 0.311 e. The molecule has 35 heavy (non-hydrogen) atoms. The van der Waals surface area contributed by atoms with Gasteiger partial charge in [0.1, 0.15) is 6.10 Å². The van der Waals surface area contributed by atoms with Crippen molar-refractivity contribution in [2.75, 3.05) is 0 Å². The molecule has 2 saturated carbocycles. The van der Waals surface area contributed by atoms with E-state index in [2.05, 4.69) is 34.6 Å². The molecule has 0 bridgehead atoms. The molecule has 4 aliphatic carbocycles. The molecule has 0 heterocycles. The van der Waals surface area contributed by atoms with Crippen molar-refractivity contribution in [2.45, 2.75) is 139 Å². The van der Waals surface area contributed by atoms with Gasteiger partial charge in [0.2, 0.25) is 0 Å². The van der Waals surface area contributed by atoms with Gasteiger partial charge in [0, 0.05) is 6.42 Å². The molecule has 0 aromatic carbocycles. The monoisotopic (exact) mass is 484 g/mol. The van der Waals surface area contributed by atoms with Crippen LogP contribution >= 0.6 is 0 Å². The number of hydrogen-bond acceptors (Lipinski definition) is 2. The first-order chi connectivity index (χ1) is 16.5. The van der Waals surface area contributed by atoms with Gasteiger partial charge in [-0.3, -0.25) is 4.79 Å². The average molecular weight is 485 g/mol. The van der Waals surface area contributed by atoms with Crippen LogP contribution in [-0.4, -0.2) is 12.1 Å². The van der Waals surface area contributed by atoms with Crippen molar-refractivity contribution in [3.05, 3.63) is 11.1 Å². The van der Waals surface area contributed by atoms with Crippen LogP contribution in [0.3, 0.4) is 0 Å². The topological polar surface area (TPSA) is 26.3 Å². The van der Waals surface area contributed by atoms with E-state index in [4.69, 9.17) is 4.74 Å². The van der Waals surface area contributed by atoms with Gasteiger partial charge >= 0.3 is 5.97 Å². The highest BCUT2D eigenvalue weighted by Gasteiger charge is 2.56. The van der Waals surface area contributed by atoms with Gasteiger partial charge in [-0.15, -0.1) is 0 Å².